The normalized spacial score (nSPS) is 12.5. The van der Waals surface area contributed by atoms with Crippen LogP contribution in [-0.4, -0.2) is 19.8 Å². The maximum absolute atomic E-state index is 5.60. The molecule has 0 fully saturated rings. The highest BCUT2D eigenvalue weighted by Crippen LogP contribution is 2.15. The van der Waals surface area contributed by atoms with E-state index in [1.807, 2.05) is 25.1 Å². The molecule has 1 atom stereocenters. The zero-order chi connectivity index (χ0) is 9.68. The zero-order valence-electron chi connectivity index (χ0n) is 7.99. The third-order valence-corrected chi connectivity index (χ3v) is 1.60. The van der Waals surface area contributed by atoms with Crippen LogP contribution in [0.5, 0.6) is 5.75 Å². The summed E-state index contributed by atoms with van der Waals surface area (Å²) in [4.78, 5) is 0. The van der Waals surface area contributed by atoms with Gasteiger partial charge in [0.05, 0.1) is 6.61 Å². The zero-order valence-corrected chi connectivity index (χ0v) is 7.99. The lowest BCUT2D eigenvalue weighted by Gasteiger charge is -2.13. The summed E-state index contributed by atoms with van der Waals surface area (Å²) in [5.41, 5.74) is 6.31. The molecule has 2 N–H and O–H groups in total. The van der Waals surface area contributed by atoms with E-state index in [2.05, 4.69) is 0 Å². The highest BCUT2D eigenvalue weighted by Gasteiger charge is 2.02. The fraction of sp³-hybridized carbons (Fsp3) is 0.400. The van der Waals surface area contributed by atoms with Crippen LogP contribution in [0.15, 0.2) is 24.3 Å². The van der Waals surface area contributed by atoms with Crippen LogP contribution < -0.4 is 10.5 Å². The van der Waals surface area contributed by atoms with Crippen molar-refractivity contribution < 1.29 is 9.47 Å². The number of anilines is 1. The summed E-state index contributed by atoms with van der Waals surface area (Å²) in [5, 5.41) is 0. The van der Waals surface area contributed by atoms with Gasteiger partial charge < -0.3 is 15.2 Å². The summed E-state index contributed by atoms with van der Waals surface area (Å²) in [7, 11) is 1.65. The van der Waals surface area contributed by atoms with Crippen molar-refractivity contribution in [1.82, 2.24) is 0 Å². The summed E-state index contributed by atoms with van der Waals surface area (Å²) in [6.07, 6.45) is 0.0480. The molecule has 3 nitrogen and oxygen atoms in total. The summed E-state index contributed by atoms with van der Waals surface area (Å²) in [6.45, 7) is 2.53. The first-order valence-electron chi connectivity index (χ1n) is 4.23. The van der Waals surface area contributed by atoms with E-state index in [0.29, 0.717) is 12.3 Å². The van der Waals surface area contributed by atoms with Crippen molar-refractivity contribution in [1.29, 1.82) is 0 Å². The van der Waals surface area contributed by atoms with Crippen LogP contribution in [0.3, 0.4) is 0 Å². The maximum Gasteiger partial charge on any atom is 0.121 e. The molecular weight excluding hydrogens is 166 g/mol. The highest BCUT2D eigenvalue weighted by molar-refractivity contribution is 5.43. The van der Waals surface area contributed by atoms with Crippen LogP contribution in [0, 0.1) is 0 Å². The third kappa shape index (κ3) is 3.34. The molecular formula is C10H15NO2. The van der Waals surface area contributed by atoms with E-state index < -0.39 is 0 Å². The van der Waals surface area contributed by atoms with Gasteiger partial charge >= 0.3 is 0 Å². The van der Waals surface area contributed by atoms with Crippen LogP contribution in [0.4, 0.5) is 5.69 Å². The van der Waals surface area contributed by atoms with Gasteiger partial charge in [0.2, 0.25) is 0 Å². The van der Waals surface area contributed by atoms with Gasteiger partial charge in [0.15, 0.2) is 0 Å². The Labute approximate surface area is 78.5 Å². The van der Waals surface area contributed by atoms with Crippen LogP contribution in [0.25, 0.3) is 0 Å². The fourth-order valence-corrected chi connectivity index (χ4v) is 1.09. The monoisotopic (exact) mass is 181 g/mol. The van der Waals surface area contributed by atoms with Gasteiger partial charge in [-0.2, -0.15) is 0 Å². The lowest BCUT2D eigenvalue weighted by molar-refractivity contribution is 0.0921. The number of rotatable bonds is 4. The number of methoxy groups -OCH3 is 1. The van der Waals surface area contributed by atoms with Gasteiger partial charge in [-0.15, -0.1) is 0 Å². The molecule has 0 saturated carbocycles. The standard InChI is InChI=1S/C10H15NO2/c1-8(7-12-2)13-10-5-3-4-9(11)6-10/h3-6,8H,7,11H2,1-2H3/t8-/m1/s1. The largest absolute Gasteiger partial charge is 0.488 e. The van der Waals surface area contributed by atoms with E-state index in [9.17, 15) is 0 Å². The van der Waals surface area contributed by atoms with Gasteiger partial charge in [0.1, 0.15) is 11.9 Å². The number of hydrogen-bond acceptors (Lipinski definition) is 3. The molecule has 1 rings (SSSR count). The lowest BCUT2D eigenvalue weighted by Crippen LogP contribution is -2.17. The molecule has 1 aromatic rings. The minimum absolute atomic E-state index is 0.0480. The quantitative estimate of drug-likeness (QED) is 0.719. The summed E-state index contributed by atoms with van der Waals surface area (Å²) >= 11 is 0. The van der Waals surface area contributed by atoms with E-state index in [1.165, 1.54) is 0 Å². The Bertz CT molecular complexity index is 263. The van der Waals surface area contributed by atoms with Crippen molar-refractivity contribution in [2.75, 3.05) is 19.5 Å². The Balaban J connectivity index is 2.53. The Kier molecular flexibility index (Phi) is 3.58. The van der Waals surface area contributed by atoms with E-state index >= 15 is 0 Å². The van der Waals surface area contributed by atoms with Gasteiger partial charge in [-0.1, -0.05) is 6.07 Å². The minimum Gasteiger partial charge on any atom is -0.488 e. The molecule has 0 heterocycles. The highest BCUT2D eigenvalue weighted by atomic mass is 16.5. The van der Waals surface area contributed by atoms with E-state index in [1.54, 1.807) is 13.2 Å². The molecule has 1 aromatic carbocycles. The van der Waals surface area contributed by atoms with Gasteiger partial charge in [0.25, 0.3) is 0 Å². The van der Waals surface area contributed by atoms with Crippen LogP contribution in [0.2, 0.25) is 0 Å². The van der Waals surface area contributed by atoms with Gasteiger partial charge in [-0.05, 0) is 19.1 Å². The molecule has 0 unspecified atom stereocenters. The molecule has 72 valence electrons. The molecule has 0 amide bonds. The van der Waals surface area contributed by atoms with Crippen LogP contribution in [-0.2, 0) is 4.74 Å². The molecule has 13 heavy (non-hydrogen) atoms. The number of ether oxygens (including phenoxy) is 2. The second-order valence-corrected chi connectivity index (χ2v) is 2.96. The van der Waals surface area contributed by atoms with Crippen molar-refractivity contribution in [2.45, 2.75) is 13.0 Å². The Morgan fingerprint density at radius 3 is 2.85 bits per heavy atom. The first-order valence-corrected chi connectivity index (χ1v) is 4.23. The molecule has 0 radical (unpaired) electrons. The summed E-state index contributed by atoms with van der Waals surface area (Å²) < 4.78 is 10.5. The number of nitrogen functional groups attached to an aromatic ring is 1. The SMILES string of the molecule is COC[C@@H](C)Oc1cccc(N)c1. The molecule has 3 heteroatoms. The predicted octanol–water partition coefficient (Wildman–Crippen LogP) is 1.68. The van der Waals surface area contributed by atoms with Crippen molar-refractivity contribution in [3.05, 3.63) is 24.3 Å². The number of hydrogen-bond donors (Lipinski definition) is 1. The third-order valence-electron chi connectivity index (χ3n) is 1.60. The smallest absolute Gasteiger partial charge is 0.121 e. The maximum atomic E-state index is 5.60. The number of nitrogens with two attached hydrogens (primary N) is 1. The van der Waals surface area contributed by atoms with Crippen molar-refractivity contribution in [3.63, 3.8) is 0 Å². The average molecular weight is 181 g/mol. The molecule has 0 aliphatic rings. The van der Waals surface area contributed by atoms with Gasteiger partial charge in [0, 0.05) is 18.9 Å². The Morgan fingerprint density at radius 1 is 1.46 bits per heavy atom. The van der Waals surface area contributed by atoms with Crippen LogP contribution in [0.1, 0.15) is 6.92 Å². The molecule has 0 bridgehead atoms. The minimum atomic E-state index is 0.0480. The fourth-order valence-electron chi connectivity index (χ4n) is 1.09. The lowest BCUT2D eigenvalue weighted by atomic mass is 10.3. The van der Waals surface area contributed by atoms with Crippen molar-refractivity contribution in [2.24, 2.45) is 0 Å². The average Bonchev–Trinajstić information content (AvgIpc) is 2.04. The molecule has 0 aliphatic heterocycles. The van der Waals surface area contributed by atoms with E-state index in [0.717, 1.165) is 5.75 Å². The first-order chi connectivity index (χ1) is 6.22. The molecule has 0 spiro atoms. The molecule has 0 aromatic heterocycles. The summed E-state index contributed by atoms with van der Waals surface area (Å²) in [5.74, 6) is 0.782. The first kappa shape index (κ1) is 9.86. The van der Waals surface area contributed by atoms with Crippen molar-refractivity contribution >= 4 is 5.69 Å². The van der Waals surface area contributed by atoms with Crippen molar-refractivity contribution in [3.8, 4) is 5.75 Å². The second-order valence-electron chi connectivity index (χ2n) is 2.96. The summed E-state index contributed by atoms with van der Waals surface area (Å²) in [6, 6.07) is 7.37. The van der Waals surface area contributed by atoms with E-state index in [-0.39, 0.29) is 6.10 Å². The van der Waals surface area contributed by atoms with Crippen LogP contribution >= 0.6 is 0 Å². The predicted molar refractivity (Wildman–Crippen MR) is 52.8 cm³/mol. The molecule has 0 aliphatic carbocycles. The Morgan fingerprint density at radius 2 is 2.23 bits per heavy atom. The second kappa shape index (κ2) is 4.72. The van der Waals surface area contributed by atoms with E-state index in [4.69, 9.17) is 15.2 Å². The molecule has 0 saturated heterocycles. The Hall–Kier alpha value is -1.22. The van der Waals surface area contributed by atoms with Gasteiger partial charge in [-0.3, -0.25) is 0 Å². The van der Waals surface area contributed by atoms with Gasteiger partial charge in [-0.25, -0.2) is 0 Å². The topological polar surface area (TPSA) is 44.5 Å². The number of benzene rings is 1.